The van der Waals surface area contributed by atoms with Crippen LogP contribution in [0.3, 0.4) is 0 Å². The van der Waals surface area contributed by atoms with Gasteiger partial charge in [-0.1, -0.05) is 41.4 Å². The smallest absolute Gasteiger partial charge is 0.275 e. The molecule has 4 nitrogen and oxygen atoms in total. The molecule has 2 heterocycles. The van der Waals surface area contributed by atoms with E-state index in [2.05, 4.69) is 29.4 Å². The fourth-order valence-corrected chi connectivity index (χ4v) is 2.29. The molecule has 2 aromatic heterocycles. The molecule has 0 saturated heterocycles. The van der Waals surface area contributed by atoms with Gasteiger partial charge in [-0.15, -0.1) is 0 Å². The summed E-state index contributed by atoms with van der Waals surface area (Å²) < 4.78 is 3.21. The number of rotatable bonds is 2. The van der Waals surface area contributed by atoms with Gasteiger partial charge >= 0.3 is 0 Å². The van der Waals surface area contributed by atoms with Crippen molar-refractivity contribution < 1.29 is 0 Å². The van der Waals surface area contributed by atoms with Crippen LogP contribution in [-0.2, 0) is 6.54 Å². The Labute approximate surface area is 114 Å². The van der Waals surface area contributed by atoms with Crippen LogP contribution in [0.15, 0.2) is 47.4 Å². The lowest BCUT2D eigenvalue weighted by molar-refractivity contribution is 0.765. The van der Waals surface area contributed by atoms with Gasteiger partial charge in [-0.05, 0) is 12.5 Å². The van der Waals surface area contributed by atoms with Gasteiger partial charge in [0, 0.05) is 12.1 Å². The van der Waals surface area contributed by atoms with Crippen molar-refractivity contribution in [2.24, 2.45) is 0 Å². The van der Waals surface area contributed by atoms with Gasteiger partial charge in [-0.2, -0.15) is 9.61 Å². The lowest BCUT2D eigenvalue weighted by atomic mass is 10.1. The molecule has 0 aliphatic carbocycles. The van der Waals surface area contributed by atoms with Crippen LogP contribution in [0.1, 0.15) is 11.1 Å². The highest BCUT2D eigenvalue weighted by Gasteiger charge is 2.08. The van der Waals surface area contributed by atoms with Crippen molar-refractivity contribution in [2.75, 3.05) is 0 Å². The van der Waals surface area contributed by atoms with E-state index >= 15 is 0 Å². The van der Waals surface area contributed by atoms with Crippen LogP contribution in [0.4, 0.5) is 0 Å². The Balaban J connectivity index is 2.12. The fraction of sp³-hybridized carbons (Fsp3) is 0.143. The lowest BCUT2D eigenvalue weighted by Gasteiger charge is -2.11. The van der Waals surface area contributed by atoms with E-state index in [9.17, 15) is 4.79 Å². The second-order valence-electron chi connectivity index (χ2n) is 4.48. The lowest BCUT2D eigenvalue weighted by Crippen LogP contribution is -2.18. The van der Waals surface area contributed by atoms with Gasteiger partial charge in [0.2, 0.25) is 0 Å². The molecule has 0 bridgehead atoms. The zero-order valence-electron chi connectivity index (χ0n) is 10.4. The van der Waals surface area contributed by atoms with E-state index in [1.165, 1.54) is 16.1 Å². The Kier molecular flexibility index (Phi) is 2.87. The van der Waals surface area contributed by atoms with E-state index in [4.69, 9.17) is 11.6 Å². The minimum atomic E-state index is -0.217. The van der Waals surface area contributed by atoms with Gasteiger partial charge < -0.3 is 4.57 Å². The summed E-state index contributed by atoms with van der Waals surface area (Å²) in [7, 11) is 0. The highest BCUT2D eigenvalue weighted by molar-refractivity contribution is 6.29. The molecular formula is C14H12ClN3O. The summed E-state index contributed by atoms with van der Waals surface area (Å²) >= 11 is 6.17. The Morgan fingerprint density at radius 2 is 1.95 bits per heavy atom. The predicted octanol–water partition coefficient (Wildman–Crippen LogP) is 2.51. The van der Waals surface area contributed by atoms with Crippen molar-refractivity contribution in [2.45, 2.75) is 13.5 Å². The highest BCUT2D eigenvalue weighted by Crippen LogP contribution is 2.14. The molecule has 0 atom stereocenters. The van der Waals surface area contributed by atoms with Gasteiger partial charge in [0.15, 0.2) is 0 Å². The standard InChI is InChI=1S/C14H12ClN3O/c1-10-2-4-11(5-3-10)9-17-12(15)8-14(19)18-13(17)6-7-16-18/h2-8H,9H2,1H3. The Morgan fingerprint density at radius 3 is 2.68 bits per heavy atom. The summed E-state index contributed by atoms with van der Waals surface area (Å²) in [6, 6.07) is 11.4. The van der Waals surface area contributed by atoms with Crippen molar-refractivity contribution in [1.29, 1.82) is 0 Å². The zero-order chi connectivity index (χ0) is 13.4. The minimum absolute atomic E-state index is 0.217. The Bertz CT molecular complexity index is 787. The molecule has 1 aromatic carbocycles. The number of hydrogen-bond donors (Lipinski definition) is 0. The van der Waals surface area contributed by atoms with E-state index in [0.717, 1.165) is 5.56 Å². The third-order valence-corrected chi connectivity index (χ3v) is 3.38. The average molecular weight is 274 g/mol. The highest BCUT2D eigenvalue weighted by atomic mass is 35.5. The van der Waals surface area contributed by atoms with Gasteiger partial charge in [0.1, 0.15) is 10.8 Å². The van der Waals surface area contributed by atoms with Gasteiger partial charge in [0.05, 0.1) is 12.7 Å². The number of aromatic nitrogens is 3. The summed E-state index contributed by atoms with van der Waals surface area (Å²) in [5, 5.41) is 4.42. The zero-order valence-corrected chi connectivity index (χ0v) is 11.1. The van der Waals surface area contributed by atoms with Crippen LogP contribution >= 0.6 is 11.6 Å². The minimum Gasteiger partial charge on any atom is -0.312 e. The molecule has 0 saturated carbocycles. The van der Waals surface area contributed by atoms with Gasteiger partial charge in [-0.3, -0.25) is 4.79 Å². The maximum absolute atomic E-state index is 11.7. The average Bonchev–Trinajstić information content (AvgIpc) is 2.86. The molecule has 5 heteroatoms. The van der Waals surface area contributed by atoms with Crippen LogP contribution in [0.25, 0.3) is 5.65 Å². The van der Waals surface area contributed by atoms with Crippen LogP contribution in [0.5, 0.6) is 0 Å². The molecule has 0 unspecified atom stereocenters. The van der Waals surface area contributed by atoms with Crippen molar-refractivity contribution in [3.05, 3.63) is 69.2 Å². The van der Waals surface area contributed by atoms with Crippen LogP contribution in [0, 0.1) is 6.92 Å². The molecule has 96 valence electrons. The molecule has 19 heavy (non-hydrogen) atoms. The first-order valence-corrected chi connectivity index (χ1v) is 6.31. The third-order valence-electron chi connectivity index (χ3n) is 3.07. The van der Waals surface area contributed by atoms with E-state index in [1.54, 1.807) is 12.3 Å². The molecule has 0 fully saturated rings. The van der Waals surface area contributed by atoms with Crippen LogP contribution < -0.4 is 5.56 Å². The van der Waals surface area contributed by atoms with Crippen molar-refractivity contribution in [1.82, 2.24) is 14.2 Å². The van der Waals surface area contributed by atoms with Crippen LogP contribution in [-0.4, -0.2) is 14.2 Å². The molecule has 3 aromatic rings. The number of hydrogen-bond acceptors (Lipinski definition) is 2. The van der Waals surface area contributed by atoms with Gasteiger partial charge in [0.25, 0.3) is 5.56 Å². The molecule has 3 rings (SSSR count). The van der Waals surface area contributed by atoms with E-state index in [-0.39, 0.29) is 5.56 Å². The largest absolute Gasteiger partial charge is 0.312 e. The summed E-state index contributed by atoms with van der Waals surface area (Å²) in [6.45, 7) is 2.65. The SMILES string of the molecule is Cc1ccc(Cn2c(Cl)cc(=O)n3nccc23)cc1. The number of benzene rings is 1. The molecule has 0 aliphatic rings. The Morgan fingerprint density at radius 1 is 1.21 bits per heavy atom. The molecule has 0 spiro atoms. The summed E-state index contributed by atoms with van der Waals surface area (Å²) in [5.74, 6) is 0. The summed E-state index contributed by atoms with van der Waals surface area (Å²) in [6.07, 6.45) is 1.60. The molecule has 0 radical (unpaired) electrons. The number of fused-ring (bicyclic) bond motifs is 1. The van der Waals surface area contributed by atoms with E-state index in [1.807, 2.05) is 11.5 Å². The Hall–Kier alpha value is -2.07. The fourth-order valence-electron chi connectivity index (χ4n) is 2.05. The number of aryl methyl sites for hydroxylation is 1. The normalized spacial score (nSPS) is 11.1. The van der Waals surface area contributed by atoms with E-state index in [0.29, 0.717) is 17.3 Å². The second kappa shape index (κ2) is 4.55. The third kappa shape index (κ3) is 2.15. The molecule has 0 aliphatic heterocycles. The quantitative estimate of drug-likeness (QED) is 0.673. The molecule has 0 amide bonds. The first-order chi connectivity index (χ1) is 9.15. The first kappa shape index (κ1) is 12.0. The van der Waals surface area contributed by atoms with Gasteiger partial charge in [-0.25, -0.2) is 0 Å². The van der Waals surface area contributed by atoms with Crippen molar-refractivity contribution >= 4 is 17.2 Å². The maximum atomic E-state index is 11.7. The first-order valence-electron chi connectivity index (χ1n) is 5.94. The summed E-state index contributed by atoms with van der Waals surface area (Å²) in [5.41, 5.74) is 2.81. The molecular weight excluding hydrogens is 262 g/mol. The second-order valence-corrected chi connectivity index (χ2v) is 4.87. The number of halogens is 1. The van der Waals surface area contributed by atoms with Crippen molar-refractivity contribution in [3.8, 4) is 0 Å². The van der Waals surface area contributed by atoms with Crippen LogP contribution in [0.2, 0.25) is 5.15 Å². The van der Waals surface area contributed by atoms with Crippen molar-refractivity contribution in [3.63, 3.8) is 0 Å². The topological polar surface area (TPSA) is 39.3 Å². The predicted molar refractivity (Wildman–Crippen MR) is 74.7 cm³/mol. The maximum Gasteiger partial charge on any atom is 0.275 e. The molecule has 0 N–H and O–H groups in total. The monoisotopic (exact) mass is 273 g/mol. The number of nitrogens with zero attached hydrogens (tertiary/aromatic N) is 3. The van der Waals surface area contributed by atoms with E-state index < -0.39 is 0 Å². The summed E-state index contributed by atoms with van der Waals surface area (Å²) in [4.78, 5) is 11.7.